The maximum Gasteiger partial charge on any atom is 0.325 e. The number of hydrogen-bond donors (Lipinski definition) is 0. The first-order chi connectivity index (χ1) is 16.8. The Labute approximate surface area is 206 Å². The number of esters is 4. The van der Waals surface area contributed by atoms with Gasteiger partial charge in [0.2, 0.25) is 0 Å². The van der Waals surface area contributed by atoms with Crippen LogP contribution in [0.2, 0.25) is 0 Å². The van der Waals surface area contributed by atoms with E-state index in [0.29, 0.717) is 23.7 Å². The molecule has 1 rings (SSSR count). The zero-order chi connectivity index (χ0) is 26.2. The van der Waals surface area contributed by atoms with E-state index in [1.54, 1.807) is 45.9 Å². The first-order valence-electron chi connectivity index (χ1n) is 11.7. The van der Waals surface area contributed by atoms with Gasteiger partial charge in [-0.1, -0.05) is 0 Å². The van der Waals surface area contributed by atoms with Gasteiger partial charge in [0, 0.05) is 6.07 Å². The summed E-state index contributed by atoms with van der Waals surface area (Å²) in [5.41, 5.74) is 0.758. The van der Waals surface area contributed by atoms with E-state index in [0.717, 1.165) is 0 Å². The molecule has 196 valence electrons. The molecule has 0 aliphatic rings. The fraction of sp³-hybridized carbons (Fsp3) is 0.583. The van der Waals surface area contributed by atoms with Gasteiger partial charge in [-0.25, -0.2) is 0 Å². The van der Waals surface area contributed by atoms with E-state index in [-0.39, 0.29) is 52.6 Å². The van der Waals surface area contributed by atoms with Crippen LogP contribution in [0.25, 0.3) is 0 Å². The summed E-state index contributed by atoms with van der Waals surface area (Å²) in [6.07, 6.45) is 0. The van der Waals surface area contributed by atoms with Crippen LogP contribution in [0, 0.1) is 0 Å². The standard InChI is InChI=1S/C24H36N2O9/c1-6-31-18-11-12-19(25(14-21(27)32-7-2)15-22(28)33-8-3)20(13-18)26(16-23(29)34-9-4)17-24(30)35-10-5/h11-13H,6-10,14-17H2,1-5H3. The van der Waals surface area contributed by atoms with Gasteiger partial charge in [0.05, 0.1) is 44.4 Å². The smallest absolute Gasteiger partial charge is 0.325 e. The van der Waals surface area contributed by atoms with Crippen molar-refractivity contribution in [2.45, 2.75) is 34.6 Å². The number of nitrogens with zero attached hydrogens (tertiary/aromatic N) is 2. The van der Waals surface area contributed by atoms with Gasteiger partial charge in [0.15, 0.2) is 0 Å². The molecular formula is C24H36N2O9. The van der Waals surface area contributed by atoms with Crippen LogP contribution in [0.15, 0.2) is 18.2 Å². The second-order valence-electron chi connectivity index (χ2n) is 7.02. The Morgan fingerprint density at radius 1 is 0.571 bits per heavy atom. The molecule has 0 bridgehead atoms. The van der Waals surface area contributed by atoms with Gasteiger partial charge in [-0.2, -0.15) is 0 Å². The van der Waals surface area contributed by atoms with Gasteiger partial charge in [-0.05, 0) is 46.8 Å². The van der Waals surface area contributed by atoms with Crippen molar-refractivity contribution < 1.29 is 42.9 Å². The van der Waals surface area contributed by atoms with Gasteiger partial charge in [0.1, 0.15) is 31.9 Å². The second kappa shape index (κ2) is 16.2. The largest absolute Gasteiger partial charge is 0.494 e. The molecule has 11 nitrogen and oxygen atoms in total. The Kier molecular flexibility index (Phi) is 13.7. The summed E-state index contributed by atoms with van der Waals surface area (Å²) in [6.45, 7) is 8.48. The lowest BCUT2D eigenvalue weighted by Crippen LogP contribution is -2.40. The molecule has 0 N–H and O–H groups in total. The Morgan fingerprint density at radius 3 is 1.29 bits per heavy atom. The quantitative estimate of drug-likeness (QED) is 0.247. The molecule has 11 heteroatoms. The van der Waals surface area contributed by atoms with E-state index in [1.807, 2.05) is 6.92 Å². The molecule has 0 amide bonds. The van der Waals surface area contributed by atoms with Crippen molar-refractivity contribution in [3.05, 3.63) is 18.2 Å². The topological polar surface area (TPSA) is 121 Å². The second-order valence-corrected chi connectivity index (χ2v) is 7.02. The van der Waals surface area contributed by atoms with Crippen molar-refractivity contribution in [3.8, 4) is 5.75 Å². The molecule has 0 radical (unpaired) electrons. The predicted molar refractivity (Wildman–Crippen MR) is 129 cm³/mol. The van der Waals surface area contributed by atoms with Crippen LogP contribution in [0.1, 0.15) is 34.6 Å². The molecule has 0 heterocycles. The highest BCUT2D eigenvalue weighted by Gasteiger charge is 2.25. The maximum atomic E-state index is 12.4. The maximum absolute atomic E-state index is 12.4. The molecule has 0 fully saturated rings. The number of ether oxygens (including phenoxy) is 5. The van der Waals surface area contributed by atoms with E-state index < -0.39 is 23.9 Å². The molecule has 0 unspecified atom stereocenters. The van der Waals surface area contributed by atoms with Crippen LogP contribution in [0.5, 0.6) is 5.75 Å². The van der Waals surface area contributed by atoms with Crippen molar-refractivity contribution in [2.75, 3.05) is 69.0 Å². The molecule has 0 aromatic heterocycles. The van der Waals surface area contributed by atoms with Gasteiger partial charge in [-0.3, -0.25) is 19.2 Å². The Hall–Kier alpha value is -3.50. The number of anilines is 2. The molecule has 1 aromatic rings. The highest BCUT2D eigenvalue weighted by atomic mass is 16.5. The third-order valence-corrected chi connectivity index (χ3v) is 4.44. The van der Waals surface area contributed by atoms with Gasteiger partial charge in [-0.15, -0.1) is 0 Å². The van der Waals surface area contributed by atoms with Crippen molar-refractivity contribution in [2.24, 2.45) is 0 Å². The number of rotatable bonds is 16. The summed E-state index contributed by atoms with van der Waals surface area (Å²) < 4.78 is 25.9. The number of carbonyl (C=O) groups is 4. The lowest BCUT2D eigenvalue weighted by molar-refractivity contribution is -0.144. The van der Waals surface area contributed by atoms with Crippen molar-refractivity contribution in [3.63, 3.8) is 0 Å². The molecule has 0 atom stereocenters. The Bertz CT molecular complexity index is 804. The summed E-state index contributed by atoms with van der Waals surface area (Å²) in [4.78, 5) is 52.3. The van der Waals surface area contributed by atoms with E-state index in [9.17, 15) is 19.2 Å². The number of hydrogen-bond acceptors (Lipinski definition) is 11. The zero-order valence-electron chi connectivity index (χ0n) is 21.2. The zero-order valence-corrected chi connectivity index (χ0v) is 21.2. The van der Waals surface area contributed by atoms with E-state index in [2.05, 4.69) is 0 Å². The van der Waals surface area contributed by atoms with E-state index >= 15 is 0 Å². The minimum absolute atomic E-state index is 0.162. The number of benzene rings is 1. The third kappa shape index (κ3) is 10.5. The van der Waals surface area contributed by atoms with Crippen molar-refractivity contribution >= 4 is 35.3 Å². The van der Waals surface area contributed by atoms with E-state index in [1.165, 1.54) is 9.80 Å². The van der Waals surface area contributed by atoms with E-state index in [4.69, 9.17) is 23.7 Å². The van der Waals surface area contributed by atoms with Gasteiger partial charge >= 0.3 is 23.9 Å². The highest BCUT2D eigenvalue weighted by Crippen LogP contribution is 2.34. The monoisotopic (exact) mass is 496 g/mol. The molecular weight excluding hydrogens is 460 g/mol. The molecule has 0 saturated heterocycles. The summed E-state index contributed by atoms with van der Waals surface area (Å²) in [5.74, 6) is -1.77. The van der Waals surface area contributed by atoms with Crippen LogP contribution in [0.4, 0.5) is 11.4 Å². The minimum atomic E-state index is -0.563. The predicted octanol–water partition coefficient (Wildman–Crippen LogP) is 1.95. The Morgan fingerprint density at radius 2 is 0.943 bits per heavy atom. The fourth-order valence-corrected chi connectivity index (χ4v) is 3.18. The Balaban J connectivity index is 3.57. The normalized spacial score (nSPS) is 10.2. The molecule has 35 heavy (non-hydrogen) atoms. The first-order valence-corrected chi connectivity index (χ1v) is 11.7. The van der Waals surface area contributed by atoms with Crippen LogP contribution in [-0.4, -0.2) is 83.1 Å². The third-order valence-electron chi connectivity index (χ3n) is 4.44. The van der Waals surface area contributed by atoms with Crippen LogP contribution < -0.4 is 14.5 Å². The lowest BCUT2D eigenvalue weighted by atomic mass is 10.2. The van der Waals surface area contributed by atoms with Crippen LogP contribution in [-0.2, 0) is 38.1 Å². The summed E-state index contributed by atoms with van der Waals surface area (Å²) in [5, 5.41) is 0. The highest BCUT2D eigenvalue weighted by molar-refractivity contribution is 5.89. The molecule has 0 aliphatic carbocycles. The van der Waals surface area contributed by atoms with Crippen LogP contribution in [0.3, 0.4) is 0 Å². The van der Waals surface area contributed by atoms with Crippen LogP contribution >= 0.6 is 0 Å². The average molecular weight is 497 g/mol. The first kappa shape index (κ1) is 29.5. The van der Waals surface area contributed by atoms with Crippen molar-refractivity contribution in [1.29, 1.82) is 0 Å². The molecule has 1 aromatic carbocycles. The molecule has 0 aliphatic heterocycles. The lowest BCUT2D eigenvalue weighted by Gasteiger charge is -2.31. The minimum Gasteiger partial charge on any atom is -0.494 e. The SMILES string of the molecule is CCOC(=O)CN(CC(=O)OCC)c1ccc(OCC)cc1N(CC(=O)OCC)CC(=O)OCC. The fourth-order valence-electron chi connectivity index (χ4n) is 3.18. The molecule has 0 saturated carbocycles. The van der Waals surface area contributed by atoms with Gasteiger partial charge < -0.3 is 33.5 Å². The van der Waals surface area contributed by atoms with Gasteiger partial charge in [0.25, 0.3) is 0 Å². The molecule has 0 spiro atoms. The summed E-state index contributed by atoms with van der Waals surface area (Å²) in [7, 11) is 0. The average Bonchev–Trinajstić information content (AvgIpc) is 2.79. The van der Waals surface area contributed by atoms with Crippen molar-refractivity contribution in [1.82, 2.24) is 0 Å². The summed E-state index contributed by atoms with van der Waals surface area (Å²) >= 11 is 0. The summed E-state index contributed by atoms with van der Waals surface area (Å²) in [6, 6.07) is 4.93. The number of carbonyl (C=O) groups excluding carboxylic acids is 4.